The summed E-state index contributed by atoms with van der Waals surface area (Å²) in [5.74, 6) is 0. The van der Waals surface area contributed by atoms with Gasteiger partial charge in [0.15, 0.2) is 5.65 Å². The average Bonchev–Trinajstić information content (AvgIpc) is 2.92. The molecule has 1 aliphatic rings. The quantitative estimate of drug-likeness (QED) is 0.808. The van der Waals surface area contributed by atoms with Crippen LogP contribution >= 0.6 is 0 Å². The van der Waals surface area contributed by atoms with Crippen molar-refractivity contribution in [3.05, 3.63) is 29.7 Å². The number of fused-ring (bicyclic) bond motifs is 1. The summed E-state index contributed by atoms with van der Waals surface area (Å²) in [6.45, 7) is 8.78. The molecule has 7 nitrogen and oxygen atoms in total. The first-order valence-electron chi connectivity index (χ1n) is 7.68. The maximum absolute atomic E-state index is 12.1. The summed E-state index contributed by atoms with van der Waals surface area (Å²) in [6, 6.07) is 1.97. The number of rotatable bonds is 1. The van der Waals surface area contributed by atoms with Crippen LogP contribution in [0.15, 0.2) is 18.5 Å². The van der Waals surface area contributed by atoms with Gasteiger partial charge in [0.05, 0.1) is 5.69 Å². The van der Waals surface area contributed by atoms with Gasteiger partial charge in [-0.1, -0.05) is 6.08 Å². The van der Waals surface area contributed by atoms with Gasteiger partial charge in [0.25, 0.3) is 0 Å². The fourth-order valence-corrected chi connectivity index (χ4v) is 2.55. The van der Waals surface area contributed by atoms with Crippen LogP contribution in [0.4, 0.5) is 4.79 Å². The highest BCUT2D eigenvalue weighted by Crippen LogP contribution is 2.24. The van der Waals surface area contributed by atoms with Crippen LogP contribution in [-0.2, 0) is 4.74 Å². The highest BCUT2D eigenvalue weighted by molar-refractivity contribution is 5.72. The van der Waals surface area contributed by atoms with Gasteiger partial charge < -0.3 is 9.64 Å². The number of amides is 1. The Morgan fingerprint density at radius 2 is 2.13 bits per heavy atom. The van der Waals surface area contributed by atoms with E-state index in [0.717, 1.165) is 28.9 Å². The van der Waals surface area contributed by atoms with Gasteiger partial charge in [0, 0.05) is 13.1 Å². The predicted octanol–water partition coefficient (Wildman–Crippen LogP) is 2.46. The maximum atomic E-state index is 12.1. The molecule has 0 aliphatic carbocycles. The lowest BCUT2D eigenvalue weighted by atomic mass is 10.0. The first-order valence-corrected chi connectivity index (χ1v) is 7.68. The lowest BCUT2D eigenvalue weighted by Gasteiger charge is -2.29. The Morgan fingerprint density at radius 1 is 1.35 bits per heavy atom. The third-order valence-corrected chi connectivity index (χ3v) is 3.63. The van der Waals surface area contributed by atoms with Crippen LogP contribution in [0.5, 0.6) is 0 Å². The van der Waals surface area contributed by atoms with Crippen LogP contribution in [0, 0.1) is 6.92 Å². The molecule has 0 N–H and O–H groups in total. The summed E-state index contributed by atoms with van der Waals surface area (Å²) in [7, 11) is 0. The molecule has 0 unspecified atom stereocenters. The highest BCUT2D eigenvalue weighted by Gasteiger charge is 2.24. The molecular formula is C16H21N5O2. The molecule has 3 heterocycles. The van der Waals surface area contributed by atoms with E-state index in [1.165, 1.54) is 11.0 Å². The van der Waals surface area contributed by atoms with Crippen LogP contribution < -0.4 is 0 Å². The average molecular weight is 315 g/mol. The highest BCUT2D eigenvalue weighted by atomic mass is 16.6. The smallest absolute Gasteiger partial charge is 0.410 e. The Bertz CT molecular complexity index is 772. The number of ether oxygens (including phenoxy) is 1. The molecule has 0 saturated carbocycles. The van der Waals surface area contributed by atoms with Crippen LogP contribution in [0.3, 0.4) is 0 Å². The summed E-state index contributed by atoms with van der Waals surface area (Å²) < 4.78 is 6.94. The van der Waals surface area contributed by atoms with Crippen molar-refractivity contribution in [2.45, 2.75) is 39.7 Å². The van der Waals surface area contributed by atoms with E-state index in [1.54, 1.807) is 4.90 Å². The zero-order valence-corrected chi connectivity index (χ0v) is 13.9. The number of carbonyl (C=O) groups excluding carboxylic acids is 1. The Hall–Kier alpha value is -2.44. The molecule has 122 valence electrons. The second-order valence-corrected chi connectivity index (χ2v) is 6.69. The summed E-state index contributed by atoms with van der Waals surface area (Å²) in [5, 5.41) is 8.61. The minimum Gasteiger partial charge on any atom is -0.444 e. The molecule has 0 radical (unpaired) electrons. The van der Waals surface area contributed by atoms with Crippen molar-refractivity contribution < 1.29 is 9.53 Å². The lowest BCUT2D eigenvalue weighted by Crippen LogP contribution is -2.39. The monoisotopic (exact) mass is 315 g/mol. The molecular weight excluding hydrogens is 294 g/mol. The Kier molecular flexibility index (Phi) is 3.79. The fourth-order valence-electron chi connectivity index (χ4n) is 2.55. The van der Waals surface area contributed by atoms with Crippen molar-refractivity contribution in [2.24, 2.45) is 0 Å². The van der Waals surface area contributed by atoms with Crippen molar-refractivity contribution in [1.82, 2.24) is 24.7 Å². The Morgan fingerprint density at radius 3 is 2.78 bits per heavy atom. The van der Waals surface area contributed by atoms with Gasteiger partial charge in [0.1, 0.15) is 11.9 Å². The number of aryl methyl sites for hydroxylation is 1. The molecule has 1 aliphatic heterocycles. The Labute approximate surface area is 134 Å². The molecule has 2 aromatic rings. The zero-order chi connectivity index (χ0) is 16.6. The molecule has 0 aromatic carbocycles. The van der Waals surface area contributed by atoms with E-state index in [4.69, 9.17) is 4.74 Å². The van der Waals surface area contributed by atoms with Gasteiger partial charge in [-0.2, -0.15) is 0 Å². The molecule has 3 rings (SSSR count). The van der Waals surface area contributed by atoms with E-state index in [9.17, 15) is 4.79 Å². The van der Waals surface area contributed by atoms with Gasteiger partial charge in [-0.25, -0.2) is 9.78 Å². The van der Waals surface area contributed by atoms with Crippen LogP contribution in [0.25, 0.3) is 11.2 Å². The molecule has 0 fully saturated rings. The zero-order valence-electron chi connectivity index (χ0n) is 13.9. The Balaban J connectivity index is 1.77. The third kappa shape index (κ3) is 3.33. The van der Waals surface area contributed by atoms with Crippen molar-refractivity contribution in [3.63, 3.8) is 0 Å². The van der Waals surface area contributed by atoms with E-state index < -0.39 is 5.60 Å². The number of nitrogens with zero attached hydrogens (tertiary/aromatic N) is 5. The van der Waals surface area contributed by atoms with Gasteiger partial charge in [-0.15, -0.1) is 14.8 Å². The third-order valence-electron chi connectivity index (χ3n) is 3.63. The molecule has 7 heteroatoms. The van der Waals surface area contributed by atoms with Crippen molar-refractivity contribution in [2.75, 3.05) is 13.1 Å². The topological polar surface area (TPSA) is 72.6 Å². The number of hydrogen-bond acceptors (Lipinski definition) is 5. The van der Waals surface area contributed by atoms with Crippen LogP contribution in [-0.4, -0.2) is 49.5 Å². The van der Waals surface area contributed by atoms with Crippen molar-refractivity contribution in [3.8, 4) is 0 Å². The predicted molar refractivity (Wildman–Crippen MR) is 85.9 cm³/mol. The molecule has 0 bridgehead atoms. The summed E-state index contributed by atoms with van der Waals surface area (Å²) in [6.07, 6.45) is 3.99. The van der Waals surface area contributed by atoms with Crippen molar-refractivity contribution >= 4 is 17.3 Å². The standard InChI is InChI=1S/C16H21N5O2/c1-11-9-13-17-10-18-21(13)19-14(11)12-5-7-20(8-6-12)15(22)23-16(2,3)4/h5,9-10H,6-8H2,1-4H3. The van der Waals surface area contributed by atoms with Gasteiger partial charge in [-0.05, 0) is 51.3 Å². The first-order chi connectivity index (χ1) is 10.8. The maximum Gasteiger partial charge on any atom is 0.410 e. The molecule has 0 atom stereocenters. The SMILES string of the molecule is Cc1cc2ncnn2nc1C1=CCN(C(=O)OC(C)(C)C)CC1. The van der Waals surface area contributed by atoms with Gasteiger partial charge in [-0.3, -0.25) is 0 Å². The van der Waals surface area contributed by atoms with Crippen LogP contribution in [0.1, 0.15) is 38.4 Å². The molecule has 2 aromatic heterocycles. The number of carbonyl (C=O) groups is 1. The summed E-state index contributed by atoms with van der Waals surface area (Å²) in [5.41, 5.74) is 3.35. The van der Waals surface area contributed by atoms with E-state index in [0.29, 0.717) is 13.1 Å². The minimum absolute atomic E-state index is 0.274. The van der Waals surface area contributed by atoms with E-state index >= 15 is 0 Å². The summed E-state index contributed by atoms with van der Waals surface area (Å²) in [4.78, 5) is 17.9. The summed E-state index contributed by atoms with van der Waals surface area (Å²) >= 11 is 0. The lowest BCUT2D eigenvalue weighted by molar-refractivity contribution is 0.0270. The first kappa shape index (κ1) is 15.5. The molecule has 23 heavy (non-hydrogen) atoms. The van der Waals surface area contributed by atoms with Gasteiger partial charge in [0.2, 0.25) is 0 Å². The minimum atomic E-state index is -0.475. The second kappa shape index (κ2) is 5.64. The van der Waals surface area contributed by atoms with E-state index in [2.05, 4.69) is 15.2 Å². The van der Waals surface area contributed by atoms with Gasteiger partial charge >= 0.3 is 6.09 Å². The second-order valence-electron chi connectivity index (χ2n) is 6.69. The fraction of sp³-hybridized carbons (Fsp3) is 0.500. The molecule has 0 saturated heterocycles. The number of aromatic nitrogens is 4. The van der Waals surface area contributed by atoms with Crippen molar-refractivity contribution in [1.29, 1.82) is 0 Å². The molecule has 0 spiro atoms. The van der Waals surface area contributed by atoms with E-state index in [-0.39, 0.29) is 6.09 Å². The normalized spacial score (nSPS) is 15.7. The van der Waals surface area contributed by atoms with Crippen LogP contribution in [0.2, 0.25) is 0 Å². The molecule has 1 amide bonds. The van der Waals surface area contributed by atoms with E-state index in [1.807, 2.05) is 39.8 Å². The number of hydrogen-bond donors (Lipinski definition) is 0. The largest absolute Gasteiger partial charge is 0.444 e.